The third-order valence-electron chi connectivity index (χ3n) is 3.36. The second kappa shape index (κ2) is 7.01. The molecular formula is C15H24ClNO. The summed E-state index contributed by atoms with van der Waals surface area (Å²) in [5.74, 6) is 0.745. The maximum absolute atomic E-state index is 6.13. The van der Waals surface area contributed by atoms with Crippen molar-refractivity contribution in [3.05, 3.63) is 28.8 Å². The second-order valence-corrected chi connectivity index (χ2v) is 5.89. The van der Waals surface area contributed by atoms with Gasteiger partial charge in [-0.2, -0.15) is 0 Å². The lowest BCUT2D eigenvalue weighted by molar-refractivity contribution is 0.305. The van der Waals surface area contributed by atoms with Gasteiger partial charge in [0, 0.05) is 0 Å². The van der Waals surface area contributed by atoms with Crippen LogP contribution in [-0.4, -0.2) is 20.7 Å². The molecule has 0 unspecified atom stereocenters. The molecule has 102 valence electrons. The smallest absolute Gasteiger partial charge is 0.137 e. The molecule has 0 aromatic heterocycles. The van der Waals surface area contributed by atoms with Crippen LogP contribution in [0.25, 0.3) is 0 Å². The fourth-order valence-electron chi connectivity index (χ4n) is 1.94. The zero-order chi connectivity index (χ0) is 13.6. The number of aryl methyl sites for hydroxylation is 1. The van der Waals surface area contributed by atoms with Crippen LogP contribution >= 0.6 is 11.6 Å². The van der Waals surface area contributed by atoms with E-state index in [4.69, 9.17) is 16.3 Å². The molecule has 0 spiro atoms. The summed E-state index contributed by atoms with van der Waals surface area (Å²) < 4.78 is 5.16. The molecule has 0 fully saturated rings. The van der Waals surface area contributed by atoms with Crippen LogP contribution in [0.2, 0.25) is 5.02 Å². The predicted molar refractivity (Wildman–Crippen MR) is 78.6 cm³/mol. The fraction of sp³-hybridized carbons (Fsp3) is 0.600. The summed E-state index contributed by atoms with van der Waals surface area (Å²) in [6, 6.07) is 6.05. The van der Waals surface area contributed by atoms with E-state index in [2.05, 4.69) is 25.2 Å². The molecule has 1 N–H and O–H groups in total. The highest BCUT2D eigenvalue weighted by molar-refractivity contribution is 6.32. The first-order valence-corrected chi connectivity index (χ1v) is 6.83. The maximum atomic E-state index is 6.13. The van der Waals surface area contributed by atoms with Crippen molar-refractivity contribution in [3.8, 4) is 5.75 Å². The van der Waals surface area contributed by atoms with Gasteiger partial charge >= 0.3 is 0 Å². The summed E-state index contributed by atoms with van der Waals surface area (Å²) in [6.45, 7) is 5.70. The molecule has 0 aliphatic heterocycles. The zero-order valence-corrected chi connectivity index (χ0v) is 12.6. The van der Waals surface area contributed by atoms with Crippen molar-refractivity contribution >= 4 is 11.6 Å². The summed E-state index contributed by atoms with van der Waals surface area (Å²) in [6.07, 6.45) is 3.41. The standard InChI is InChI=1S/C15H24ClNO/c1-15(2,9-10-17-3)8-7-12-5-6-14(18-4)13(16)11-12/h5-6,11,17H,7-10H2,1-4H3. The van der Waals surface area contributed by atoms with Crippen molar-refractivity contribution in [1.29, 1.82) is 0 Å². The third kappa shape index (κ3) is 4.87. The normalized spacial score (nSPS) is 11.6. The molecule has 1 aromatic carbocycles. The Morgan fingerprint density at radius 2 is 2.00 bits per heavy atom. The van der Waals surface area contributed by atoms with Gasteiger partial charge in [0.05, 0.1) is 12.1 Å². The van der Waals surface area contributed by atoms with Gasteiger partial charge in [-0.25, -0.2) is 0 Å². The van der Waals surface area contributed by atoms with Crippen LogP contribution in [0.15, 0.2) is 18.2 Å². The van der Waals surface area contributed by atoms with E-state index in [1.807, 2.05) is 19.2 Å². The van der Waals surface area contributed by atoms with Gasteiger partial charge in [-0.15, -0.1) is 0 Å². The van der Waals surface area contributed by atoms with E-state index >= 15 is 0 Å². The molecule has 0 aliphatic carbocycles. The Morgan fingerprint density at radius 3 is 2.56 bits per heavy atom. The third-order valence-corrected chi connectivity index (χ3v) is 3.65. The van der Waals surface area contributed by atoms with Crippen LogP contribution in [0.1, 0.15) is 32.3 Å². The predicted octanol–water partition coefficient (Wildman–Crippen LogP) is 3.92. The second-order valence-electron chi connectivity index (χ2n) is 5.49. The number of nitrogens with one attached hydrogen (secondary N) is 1. The van der Waals surface area contributed by atoms with Gasteiger partial charge in [0.15, 0.2) is 0 Å². The summed E-state index contributed by atoms with van der Waals surface area (Å²) >= 11 is 6.13. The van der Waals surface area contributed by atoms with E-state index in [1.165, 1.54) is 12.0 Å². The van der Waals surface area contributed by atoms with Crippen molar-refractivity contribution < 1.29 is 4.74 Å². The van der Waals surface area contributed by atoms with Crippen LogP contribution < -0.4 is 10.1 Å². The molecule has 3 heteroatoms. The molecule has 0 atom stereocenters. The minimum atomic E-state index is 0.357. The number of rotatable bonds is 7. The highest BCUT2D eigenvalue weighted by atomic mass is 35.5. The minimum Gasteiger partial charge on any atom is -0.495 e. The van der Waals surface area contributed by atoms with Crippen molar-refractivity contribution in [1.82, 2.24) is 5.32 Å². The molecule has 2 nitrogen and oxygen atoms in total. The maximum Gasteiger partial charge on any atom is 0.137 e. The zero-order valence-electron chi connectivity index (χ0n) is 11.8. The lowest BCUT2D eigenvalue weighted by Gasteiger charge is -2.24. The van der Waals surface area contributed by atoms with Crippen LogP contribution in [0, 0.1) is 5.41 Å². The van der Waals surface area contributed by atoms with Gasteiger partial charge in [0.2, 0.25) is 0 Å². The summed E-state index contributed by atoms with van der Waals surface area (Å²) in [5, 5.41) is 3.91. The molecule has 0 bridgehead atoms. The van der Waals surface area contributed by atoms with Crippen LogP contribution in [0.4, 0.5) is 0 Å². The van der Waals surface area contributed by atoms with Gasteiger partial charge in [-0.3, -0.25) is 0 Å². The lowest BCUT2D eigenvalue weighted by Crippen LogP contribution is -2.20. The Balaban J connectivity index is 2.55. The average Bonchev–Trinajstić information content (AvgIpc) is 2.34. The molecule has 0 heterocycles. The summed E-state index contributed by atoms with van der Waals surface area (Å²) in [4.78, 5) is 0. The van der Waals surface area contributed by atoms with Crippen LogP contribution in [0.5, 0.6) is 5.75 Å². The molecule has 18 heavy (non-hydrogen) atoms. The molecule has 0 saturated carbocycles. The molecule has 0 amide bonds. The highest BCUT2D eigenvalue weighted by Crippen LogP contribution is 2.29. The first-order valence-electron chi connectivity index (χ1n) is 6.45. The molecule has 1 aromatic rings. The van der Waals surface area contributed by atoms with Crippen molar-refractivity contribution in [2.75, 3.05) is 20.7 Å². The Bertz CT molecular complexity index is 377. The Kier molecular flexibility index (Phi) is 5.97. The Labute approximate surface area is 116 Å². The van der Waals surface area contributed by atoms with Gasteiger partial charge in [0.1, 0.15) is 5.75 Å². The molecular weight excluding hydrogens is 246 g/mol. The Hall–Kier alpha value is -0.730. The largest absolute Gasteiger partial charge is 0.495 e. The van der Waals surface area contributed by atoms with Gasteiger partial charge < -0.3 is 10.1 Å². The SMILES string of the molecule is CNCCC(C)(C)CCc1ccc(OC)c(Cl)c1. The first-order chi connectivity index (χ1) is 8.48. The van der Waals surface area contributed by atoms with Gasteiger partial charge in [0.25, 0.3) is 0 Å². The monoisotopic (exact) mass is 269 g/mol. The number of halogens is 1. The molecule has 0 saturated heterocycles. The van der Waals surface area contributed by atoms with E-state index < -0.39 is 0 Å². The number of methoxy groups -OCH3 is 1. The van der Waals surface area contributed by atoms with Crippen LogP contribution in [-0.2, 0) is 6.42 Å². The summed E-state index contributed by atoms with van der Waals surface area (Å²) in [5.41, 5.74) is 1.63. The topological polar surface area (TPSA) is 21.3 Å². The number of hydrogen-bond acceptors (Lipinski definition) is 2. The summed E-state index contributed by atoms with van der Waals surface area (Å²) in [7, 11) is 3.64. The number of hydrogen-bond donors (Lipinski definition) is 1. The van der Waals surface area contributed by atoms with Crippen molar-refractivity contribution in [2.24, 2.45) is 5.41 Å². The van der Waals surface area contributed by atoms with Crippen LogP contribution in [0.3, 0.4) is 0 Å². The van der Waals surface area contributed by atoms with Crippen molar-refractivity contribution in [3.63, 3.8) is 0 Å². The van der Waals surface area contributed by atoms with E-state index in [1.54, 1.807) is 7.11 Å². The Morgan fingerprint density at radius 1 is 1.28 bits per heavy atom. The molecule has 0 aliphatic rings. The molecule has 1 rings (SSSR count). The fourth-order valence-corrected chi connectivity index (χ4v) is 2.22. The first kappa shape index (κ1) is 15.3. The average molecular weight is 270 g/mol. The quantitative estimate of drug-likeness (QED) is 0.810. The van der Waals surface area contributed by atoms with E-state index in [-0.39, 0.29) is 0 Å². The van der Waals surface area contributed by atoms with E-state index in [9.17, 15) is 0 Å². The van der Waals surface area contributed by atoms with Gasteiger partial charge in [-0.1, -0.05) is 31.5 Å². The van der Waals surface area contributed by atoms with Gasteiger partial charge in [-0.05, 0) is 56.0 Å². The number of benzene rings is 1. The number of ether oxygens (including phenoxy) is 1. The van der Waals surface area contributed by atoms with E-state index in [0.29, 0.717) is 10.4 Å². The lowest BCUT2D eigenvalue weighted by atomic mass is 9.83. The van der Waals surface area contributed by atoms with E-state index in [0.717, 1.165) is 25.1 Å². The molecule has 0 radical (unpaired) electrons. The highest BCUT2D eigenvalue weighted by Gasteiger charge is 2.17. The minimum absolute atomic E-state index is 0.357. The van der Waals surface area contributed by atoms with Crippen molar-refractivity contribution in [2.45, 2.75) is 33.1 Å².